The normalized spacial score (nSPS) is 22.0. The quantitative estimate of drug-likeness (QED) is 0.324. The summed E-state index contributed by atoms with van der Waals surface area (Å²) in [6.45, 7) is 0. The molecule has 4 aromatic heterocycles. The van der Waals surface area contributed by atoms with Crippen molar-refractivity contribution in [1.29, 1.82) is 0 Å². The molecule has 3 N–H and O–H groups in total. The number of hydrogen-bond donors (Lipinski definition) is 2. The molecule has 0 spiro atoms. The number of pyridine rings is 1. The minimum absolute atomic E-state index is 0.0777. The zero-order valence-electron chi connectivity index (χ0n) is 22.2. The lowest BCUT2D eigenvalue weighted by molar-refractivity contribution is 0.0557. The third kappa shape index (κ3) is 3.98. The molecule has 206 valence electrons. The van der Waals surface area contributed by atoms with E-state index in [4.69, 9.17) is 10.7 Å². The summed E-state index contributed by atoms with van der Waals surface area (Å²) in [6, 6.07) is 10.5. The molecule has 2 aliphatic heterocycles. The first-order valence-corrected chi connectivity index (χ1v) is 14.1. The molecule has 2 bridgehead atoms. The summed E-state index contributed by atoms with van der Waals surface area (Å²) >= 11 is 0. The van der Waals surface area contributed by atoms with Crippen LogP contribution >= 0.6 is 0 Å². The van der Waals surface area contributed by atoms with Gasteiger partial charge in [-0.15, -0.1) is 0 Å². The van der Waals surface area contributed by atoms with E-state index >= 15 is 0 Å². The number of H-pyrrole nitrogens is 1. The number of rotatable bonds is 5. The summed E-state index contributed by atoms with van der Waals surface area (Å²) in [5.41, 5.74) is 12.8. The van der Waals surface area contributed by atoms with Crippen LogP contribution in [0.3, 0.4) is 0 Å². The van der Waals surface area contributed by atoms with Crippen molar-refractivity contribution in [2.24, 2.45) is 0 Å². The molecule has 10 nitrogen and oxygen atoms in total. The van der Waals surface area contributed by atoms with E-state index in [9.17, 15) is 9.18 Å². The summed E-state index contributed by atoms with van der Waals surface area (Å²) < 4.78 is 15.5. The van der Waals surface area contributed by atoms with Crippen LogP contribution in [-0.2, 0) is 0 Å². The van der Waals surface area contributed by atoms with Crippen LogP contribution in [0.1, 0.15) is 72.2 Å². The molecule has 2 unspecified atom stereocenters. The van der Waals surface area contributed by atoms with E-state index < -0.39 is 0 Å². The van der Waals surface area contributed by atoms with Crippen molar-refractivity contribution in [3.8, 4) is 22.4 Å². The van der Waals surface area contributed by atoms with Crippen molar-refractivity contribution in [2.45, 2.75) is 62.4 Å². The van der Waals surface area contributed by atoms with Gasteiger partial charge in [0.25, 0.3) is 5.91 Å². The number of nitrogens with one attached hydrogen (secondary N) is 1. The van der Waals surface area contributed by atoms with Gasteiger partial charge in [0.15, 0.2) is 5.65 Å². The molecule has 11 heteroatoms. The third-order valence-electron chi connectivity index (χ3n) is 8.90. The molecule has 5 aromatic rings. The molecule has 3 aliphatic rings. The molecule has 0 radical (unpaired) electrons. The van der Waals surface area contributed by atoms with E-state index in [1.54, 1.807) is 23.0 Å². The summed E-state index contributed by atoms with van der Waals surface area (Å²) in [6.07, 6.45) is 10.8. The minimum atomic E-state index is -0.295. The van der Waals surface area contributed by atoms with Crippen LogP contribution in [0.4, 0.5) is 10.2 Å². The first-order valence-electron chi connectivity index (χ1n) is 14.1. The lowest BCUT2D eigenvalue weighted by Gasteiger charge is -2.39. The average Bonchev–Trinajstić information content (AvgIpc) is 3.37. The molecule has 8 rings (SSSR count). The third-order valence-corrected chi connectivity index (χ3v) is 8.90. The zero-order chi connectivity index (χ0) is 27.7. The molecule has 2 atom stereocenters. The van der Waals surface area contributed by atoms with Gasteiger partial charge in [-0.3, -0.25) is 14.9 Å². The van der Waals surface area contributed by atoms with Crippen LogP contribution in [0.25, 0.3) is 28.0 Å². The van der Waals surface area contributed by atoms with Crippen LogP contribution in [0.5, 0.6) is 0 Å². The van der Waals surface area contributed by atoms with E-state index in [1.807, 2.05) is 23.1 Å². The maximum Gasteiger partial charge on any atom is 0.291 e. The Morgan fingerprint density at radius 1 is 0.976 bits per heavy atom. The number of amides is 1. The lowest BCUT2D eigenvalue weighted by Crippen LogP contribution is -2.46. The Bertz CT molecular complexity index is 1760. The molecular weight excluding hydrogens is 521 g/mol. The Morgan fingerprint density at radius 2 is 1.80 bits per heavy atom. The molecule has 1 amide bonds. The number of nitrogens with two attached hydrogens (primary N) is 1. The second-order valence-corrected chi connectivity index (χ2v) is 11.4. The van der Waals surface area contributed by atoms with Gasteiger partial charge in [-0.2, -0.15) is 14.7 Å². The molecule has 2 saturated heterocycles. The van der Waals surface area contributed by atoms with Crippen LogP contribution in [0, 0.1) is 5.82 Å². The van der Waals surface area contributed by atoms with E-state index in [0.29, 0.717) is 28.9 Å². The number of carbonyl (C=O) groups excluding carboxylic acids is 1. The van der Waals surface area contributed by atoms with Gasteiger partial charge >= 0.3 is 0 Å². The fraction of sp³-hybridized carbons (Fsp3) is 0.333. The Balaban J connectivity index is 1.16. The first kappa shape index (κ1) is 24.2. The number of hydrogen-bond acceptors (Lipinski definition) is 7. The second-order valence-electron chi connectivity index (χ2n) is 11.4. The average molecular weight is 550 g/mol. The van der Waals surface area contributed by atoms with Crippen molar-refractivity contribution >= 4 is 17.4 Å². The smallest absolute Gasteiger partial charge is 0.291 e. The number of anilines is 1. The van der Waals surface area contributed by atoms with Gasteiger partial charge in [0.2, 0.25) is 5.82 Å². The predicted molar refractivity (Wildman–Crippen MR) is 149 cm³/mol. The Hall–Kier alpha value is -4.67. The molecule has 3 fully saturated rings. The number of benzene rings is 1. The van der Waals surface area contributed by atoms with Gasteiger partial charge in [0.05, 0.1) is 17.6 Å². The van der Waals surface area contributed by atoms with Gasteiger partial charge in [0.1, 0.15) is 18.0 Å². The van der Waals surface area contributed by atoms with Crippen LogP contribution in [0.2, 0.25) is 0 Å². The van der Waals surface area contributed by atoms with Gasteiger partial charge < -0.3 is 10.6 Å². The molecule has 1 aromatic carbocycles. The van der Waals surface area contributed by atoms with Crippen molar-refractivity contribution in [1.82, 2.24) is 39.7 Å². The number of fused-ring (bicyclic) bond motifs is 3. The lowest BCUT2D eigenvalue weighted by atomic mass is 9.85. The van der Waals surface area contributed by atoms with E-state index in [-0.39, 0.29) is 29.7 Å². The predicted octanol–water partition coefficient (Wildman–Crippen LogP) is 4.73. The molecule has 1 aliphatic carbocycles. The molecular formula is C30H28FN9O. The highest BCUT2D eigenvalue weighted by molar-refractivity contribution is 5.91. The number of carbonyl (C=O) groups is 1. The number of nitrogen functional groups attached to an aromatic ring is 1. The Morgan fingerprint density at radius 3 is 2.49 bits per heavy atom. The number of aromatic nitrogens is 7. The zero-order valence-corrected chi connectivity index (χ0v) is 22.2. The highest BCUT2D eigenvalue weighted by Crippen LogP contribution is 2.50. The van der Waals surface area contributed by atoms with Crippen LogP contribution in [0.15, 0.2) is 55.1 Å². The number of aromatic amines is 1. The topological polar surface area (TPSA) is 131 Å². The van der Waals surface area contributed by atoms with Crippen molar-refractivity contribution in [3.05, 3.63) is 78.0 Å². The van der Waals surface area contributed by atoms with Gasteiger partial charge in [-0.05, 0) is 62.6 Å². The Labute approximate surface area is 234 Å². The number of nitrogens with zero attached hydrogens (tertiary/aromatic N) is 7. The summed E-state index contributed by atoms with van der Waals surface area (Å²) in [5, 5.41) is 11.2. The van der Waals surface area contributed by atoms with Crippen LogP contribution in [-0.4, -0.2) is 57.7 Å². The molecule has 41 heavy (non-hydrogen) atoms. The minimum Gasteiger partial charge on any atom is -0.383 e. The maximum atomic E-state index is 13.7. The van der Waals surface area contributed by atoms with Gasteiger partial charge in [0, 0.05) is 46.5 Å². The summed E-state index contributed by atoms with van der Waals surface area (Å²) in [5.74, 6) is 1.17. The summed E-state index contributed by atoms with van der Waals surface area (Å²) in [4.78, 5) is 29.2. The standard InChI is InChI=1S/C30H28FN9O/c31-20-3-1-2-17(10-20)24-9-6-18(13-33-24)23-14-36-40-27(32)25(16-4-5-16)26(37-29(23)40)19-11-21-7-8-22(12-19)39(21)30(41)28-34-15-35-38-28/h1-3,6,9-10,13-16,19,21-22H,4-5,7-8,11-12,32H2,(H,34,35,38). The fourth-order valence-corrected chi connectivity index (χ4v) is 6.89. The Kier molecular flexibility index (Phi) is 5.41. The first-order chi connectivity index (χ1) is 20.0. The number of halogens is 1. The highest BCUT2D eigenvalue weighted by atomic mass is 19.1. The monoisotopic (exact) mass is 549 g/mol. The van der Waals surface area contributed by atoms with E-state index in [1.165, 1.54) is 18.5 Å². The molecule has 6 heterocycles. The van der Waals surface area contributed by atoms with Crippen molar-refractivity contribution < 1.29 is 9.18 Å². The van der Waals surface area contributed by atoms with Crippen LogP contribution < -0.4 is 5.73 Å². The van der Waals surface area contributed by atoms with Gasteiger partial charge in [-0.25, -0.2) is 14.4 Å². The largest absolute Gasteiger partial charge is 0.383 e. The second kappa shape index (κ2) is 9.18. The van der Waals surface area contributed by atoms with Crippen molar-refractivity contribution in [3.63, 3.8) is 0 Å². The van der Waals surface area contributed by atoms with Gasteiger partial charge in [-0.1, -0.05) is 18.2 Å². The van der Waals surface area contributed by atoms with E-state index in [0.717, 1.165) is 66.5 Å². The maximum absolute atomic E-state index is 13.7. The summed E-state index contributed by atoms with van der Waals surface area (Å²) in [7, 11) is 0. The SMILES string of the molecule is Nc1c(C2CC2)c(C2CC3CCC(C2)N3C(=O)c2ncn[nH]2)nc2c(-c3ccc(-c4cccc(F)c4)nc3)cnn12. The van der Waals surface area contributed by atoms with Crippen molar-refractivity contribution in [2.75, 3.05) is 5.73 Å². The highest BCUT2D eigenvalue weighted by Gasteiger charge is 2.46. The number of piperidine rings is 1. The fourth-order valence-electron chi connectivity index (χ4n) is 6.89. The van der Waals surface area contributed by atoms with E-state index in [2.05, 4.69) is 25.3 Å². The molecule has 1 saturated carbocycles.